The summed E-state index contributed by atoms with van der Waals surface area (Å²) in [7, 11) is 0. The maximum absolute atomic E-state index is 10.6. The summed E-state index contributed by atoms with van der Waals surface area (Å²) in [5.41, 5.74) is 0. The van der Waals surface area contributed by atoms with Crippen LogP contribution >= 0.6 is 11.8 Å². The highest BCUT2D eigenvalue weighted by Gasteiger charge is 2.38. The van der Waals surface area contributed by atoms with Crippen molar-refractivity contribution in [2.75, 3.05) is 12.4 Å². The minimum absolute atomic E-state index is 0.277. The summed E-state index contributed by atoms with van der Waals surface area (Å²) in [5, 5.41) is 47.4. The van der Waals surface area contributed by atoms with Crippen molar-refractivity contribution in [3.63, 3.8) is 0 Å². The normalized spacial score (nSPS) is 31.0. The topological polar surface area (TPSA) is 130 Å². The molecule has 6 N–H and O–H groups in total. The highest BCUT2D eigenvalue weighted by Crippen LogP contribution is 2.24. The number of rotatable bonds is 5. The predicted octanol–water partition coefficient (Wildman–Crippen LogP) is -2.82. The van der Waals surface area contributed by atoms with E-state index in [9.17, 15) is 15.0 Å². The molecule has 0 aromatic rings. The first-order valence-corrected chi connectivity index (χ1v) is 5.77. The number of carboxylic acid groups (broad SMARTS) is 1. The lowest BCUT2D eigenvalue weighted by atomic mass is 10.1. The smallest absolute Gasteiger partial charge is 0.321 e. The molecule has 5 atom stereocenters. The number of carbonyl (C=O) groups is 1. The lowest BCUT2D eigenvalue weighted by Gasteiger charge is -2.25. The third-order valence-electron chi connectivity index (χ3n) is 2.35. The Morgan fingerprint density at radius 1 is 1.44 bits per heavy atom. The van der Waals surface area contributed by atoms with Crippen molar-refractivity contribution in [3.05, 3.63) is 0 Å². The largest absolute Gasteiger partial charge is 0.480 e. The highest BCUT2D eigenvalue weighted by atomic mass is 32.2. The van der Waals surface area contributed by atoms with Crippen molar-refractivity contribution >= 4 is 17.7 Å². The molecular formula is C8H15NO6S. The van der Waals surface area contributed by atoms with Gasteiger partial charge < -0.3 is 25.5 Å². The van der Waals surface area contributed by atoms with Crippen LogP contribution in [0.5, 0.6) is 0 Å². The maximum Gasteiger partial charge on any atom is 0.321 e. The number of thioether (sulfide) groups is 1. The second-order valence-electron chi connectivity index (χ2n) is 3.54. The van der Waals surface area contributed by atoms with Crippen molar-refractivity contribution < 1.29 is 30.3 Å². The predicted molar refractivity (Wildman–Crippen MR) is 55.9 cm³/mol. The number of aliphatic hydroxyl groups excluding tert-OH is 4. The van der Waals surface area contributed by atoms with E-state index in [1.807, 2.05) is 0 Å². The van der Waals surface area contributed by atoms with Crippen LogP contribution in [0.3, 0.4) is 0 Å². The fraction of sp³-hybridized carbons (Fsp3) is 0.875. The van der Waals surface area contributed by atoms with E-state index >= 15 is 0 Å². The molecule has 1 saturated heterocycles. The van der Waals surface area contributed by atoms with Crippen molar-refractivity contribution in [1.82, 2.24) is 5.32 Å². The van der Waals surface area contributed by atoms with Gasteiger partial charge in [-0.05, 0) is 0 Å². The van der Waals surface area contributed by atoms with E-state index in [1.54, 1.807) is 0 Å². The molecule has 0 aromatic heterocycles. The van der Waals surface area contributed by atoms with Crippen LogP contribution in [-0.4, -0.2) is 73.6 Å². The fourth-order valence-electron chi connectivity index (χ4n) is 1.35. The van der Waals surface area contributed by atoms with E-state index in [0.29, 0.717) is 0 Å². The third-order valence-corrected chi connectivity index (χ3v) is 3.65. The number of nitrogens with one attached hydrogen (secondary N) is 1. The van der Waals surface area contributed by atoms with E-state index in [1.165, 1.54) is 0 Å². The first-order valence-electron chi connectivity index (χ1n) is 4.73. The second-order valence-corrected chi connectivity index (χ2v) is 4.72. The van der Waals surface area contributed by atoms with Gasteiger partial charge in [-0.15, -0.1) is 11.8 Å². The lowest BCUT2D eigenvalue weighted by Crippen LogP contribution is -2.50. The van der Waals surface area contributed by atoms with Crippen molar-refractivity contribution in [2.45, 2.75) is 29.7 Å². The molecule has 16 heavy (non-hydrogen) atoms. The van der Waals surface area contributed by atoms with Crippen molar-refractivity contribution in [3.8, 4) is 0 Å². The molecule has 0 radical (unpaired) electrons. The Morgan fingerprint density at radius 2 is 2.06 bits per heavy atom. The van der Waals surface area contributed by atoms with Gasteiger partial charge in [0.2, 0.25) is 0 Å². The zero-order chi connectivity index (χ0) is 12.3. The van der Waals surface area contributed by atoms with Gasteiger partial charge in [-0.25, -0.2) is 0 Å². The summed E-state index contributed by atoms with van der Waals surface area (Å²) in [6, 6.07) is -0.775. The van der Waals surface area contributed by atoms with Gasteiger partial charge >= 0.3 is 5.97 Å². The Kier molecular flexibility index (Phi) is 4.96. The number of hydrogen-bond donors (Lipinski definition) is 6. The maximum atomic E-state index is 10.6. The van der Waals surface area contributed by atoms with Gasteiger partial charge in [0.15, 0.2) is 0 Å². The van der Waals surface area contributed by atoms with E-state index in [-0.39, 0.29) is 5.75 Å². The van der Waals surface area contributed by atoms with Gasteiger partial charge in [-0.1, -0.05) is 0 Å². The minimum Gasteiger partial charge on any atom is -0.480 e. The first-order chi connectivity index (χ1) is 7.47. The molecule has 1 rings (SSSR count). The molecule has 0 bridgehead atoms. The van der Waals surface area contributed by atoms with E-state index < -0.39 is 42.3 Å². The molecular weight excluding hydrogens is 238 g/mol. The zero-order valence-electron chi connectivity index (χ0n) is 8.35. The molecule has 1 fully saturated rings. The van der Waals surface area contributed by atoms with Crippen molar-refractivity contribution in [2.24, 2.45) is 0 Å². The molecule has 1 aliphatic heterocycles. The van der Waals surface area contributed by atoms with Gasteiger partial charge in [0, 0.05) is 5.75 Å². The zero-order valence-corrected chi connectivity index (χ0v) is 9.17. The first kappa shape index (κ1) is 13.7. The average molecular weight is 253 g/mol. The van der Waals surface area contributed by atoms with Crippen molar-refractivity contribution in [1.29, 1.82) is 0 Å². The summed E-state index contributed by atoms with van der Waals surface area (Å²) in [5.74, 6) is -0.752. The van der Waals surface area contributed by atoms with Gasteiger partial charge in [0.1, 0.15) is 24.4 Å². The highest BCUT2D eigenvalue weighted by molar-refractivity contribution is 8.00. The van der Waals surface area contributed by atoms with Gasteiger partial charge in [-0.3, -0.25) is 10.1 Å². The molecule has 8 heteroatoms. The van der Waals surface area contributed by atoms with Crippen LogP contribution in [0.15, 0.2) is 0 Å². The van der Waals surface area contributed by atoms with E-state index in [4.69, 9.17) is 15.3 Å². The van der Waals surface area contributed by atoms with Crippen LogP contribution < -0.4 is 5.32 Å². The number of aliphatic carboxylic acids is 1. The number of carboxylic acids is 1. The molecule has 1 heterocycles. The standard InChI is InChI=1S/C8H15NO6S/c10-1-4(11)5(12)6(13)7-9-3(2-16-7)8(14)15/h3-7,9-13H,1-2H2,(H,14,15)/t3-,4+,5+,6-,7?/m0/s1. The summed E-state index contributed by atoms with van der Waals surface area (Å²) in [6.45, 7) is -0.669. The molecule has 0 aliphatic carbocycles. The summed E-state index contributed by atoms with van der Waals surface area (Å²) in [6.07, 6.45) is -4.29. The van der Waals surface area contributed by atoms with E-state index in [0.717, 1.165) is 11.8 Å². The van der Waals surface area contributed by atoms with Gasteiger partial charge in [0.05, 0.1) is 12.0 Å². The summed E-state index contributed by atoms with van der Waals surface area (Å²) < 4.78 is 0. The van der Waals surface area contributed by atoms with Crippen LogP contribution in [0, 0.1) is 0 Å². The van der Waals surface area contributed by atoms with Gasteiger partial charge in [-0.2, -0.15) is 0 Å². The number of aliphatic hydroxyl groups is 4. The van der Waals surface area contributed by atoms with Gasteiger partial charge in [0.25, 0.3) is 0 Å². The minimum atomic E-state index is -1.51. The lowest BCUT2D eigenvalue weighted by molar-refractivity contribution is -0.139. The molecule has 0 saturated carbocycles. The Morgan fingerprint density at radius 3 is 2.50 bits per heavy atom. The Bertz CT molecular complexity index is 253. The average Bonchev–Trinajstić information content (AvgIpc) is 2.75. The fourth-order valence-corrected chi connectivity index (χ4v) is 2.61. The molecule has 0 aromatic carbocycles. The Labute approximate surface area is 96.1 Å². The molecule has 7 nitrogen and oxygen atoms in total. The molecule has 0 amide bonds. The molecule has 1 aliphatic rings. The summed E-state index contributed by atoms with van der Waals surface area (Å²) >= 11 is 1.15. The molecule has 94 valence electrons. The Hall–Kier alpha value is -0.380. The quantitative estimate of drug-likeness (QED) is 0.309. The van der Waals surface area contributed by atoms with Crippen LogP contribution in [0.4, 0.5) is 0 Å². The van der Waals surface area contributed by atoms with Crippen LogP contribution in [-0.2, 0) is 4.79 Å². The van der Waals surface area contributed by atoms with Crippen LogP contribution in [0.25, 0.3) is 0 Å². The third kappa shape index (κ3) is 3.06. The SMILES string of the molecule is O=C(O)[C@@H]1CSC([C@@H](O)[C@H](O)[C@H](O)CO)N1. The van der Waals surface area contributed by atoms with Crippen LogP contribution in [0.1, 0.15) is 0 Å². The monoisotopic (exact) mass is 253 g/mol. The summed E-state index contributed by atoms with van der Waals surface area (Å²) in [4.78, 5) is 10.6. The van der Waals surface area contributed by atoms with Crippen LogP contribution in [0.2, 0.25) is 0 Å². The second kappa shape index (κ2) is 5.80. The molecule has 0 spiro atoms. The molecule has 1 unspecified atom stereocenters. The number of hydrogen-bond acceptors (Lipinski definition) is 7. The van der Waals surface area contributed by atoms with E-state index in [2.05, 4.69) is 5.32 Å². The Balaban J connectivity index is 2.50.